The number of morpholine rings is 1. The molecule has 1 atom stereocenters. The highest BCUT2D eigenvalue weighted by molar-refractivity contribution is 5.78. The van der Waals surface area contributed by atoms with Crippen molar-refractivity contribution >= 4 is 5.91 Å². The van der Waals surface area contributed by atoms with Crippen LogP contribution in [0.3, 0.4) is 0 Å². The number of carbonyl (C=O) groups is 1. The summed E-state index contributed by atoms with van der Waals surface area (Å²) in [4.78, 5) is 16.5. The van der Waals surface area contributed by atoms with Crippen molar-refractivity contribution in [3.05, 3.63) is 29.8 Å². The predicted octanol–water partition coefficient (Wildman–Crippen LogP) is 1.50. The Morgan fingerprint density at radius 3 is 2.69 bits per heavy atom. The van der Waals surface area contributed by atoms with Gasteiger partial charge in [0.15, 0.2) is 6.61 Å². The molecule has 144 valence electrons. The summed E-state index contributed by atoms with van der Waals surface area (Å²) >= 11 is 0. The quantitative estimate of drug-likeness (QED) is 0.760. The molecule has 2 aliphatic rings. The summed E-state index contributed by atoms with van der Waals surface area (Å²) in [6.45, 7) is 9.41. The van der Waals surface area contributed by atoms with E-state index in [2.05, 4.69) is 23.2 Å². The lowest BCUT2D eigenvalue weighted by Crippen LogP contribution is -2.46. The summed E-state index contributed by atoms with van der Waals surface area (Å²) < 4.78 is 11.2. The van der Waals surface area contributed by atoms with E-state index < -0.39 is 0 Å². The van der Waals surface area contributed by atoms with E-state index in [1.54, 1.807) is 0 Å². The highest BCUT2D eigenvalue weighted by atomic mass is 16.5. The van der Waals surface area contributed by atoms with Gasteiger partial charge in [-0.1, -0.05) is 18.2 Å². The second-order valence-electron chi connectivity index (χ2n) is 7.11. The van der Waals surface area contributed by atoms with Crippen molar-refractivity contribution in [1.29, 1.82) is 0 Å². The van der Waals surface area contributed by atoms with Crippen molar-refractivity contribution in [1.82, 2.24) is 15.1 Å². The molecule has 2 aliphatic heterocycles. The largest absolute Gasteiger partial charge is 0.483 e. The van der Waals surface area contributed by atoms with Crippen LogP contribution in [0.5, 0.6) is 5.75 Å². The third kappa shape index (κ3) is 5.43. The second kappa shape index (κ2) is 9.90. The number of para-hydroxylation sites is 1. The Labute approximate surface area is 156 Å². The van der Waals surface area contributed by atoms with Gasteiger partial charge in [0, 0.05) is 50.9 Å². The summed E-state index contributed by atoms with van der Waals surface area (Å²) in [5, 5.41) is 3.52. The van der Waals surface area contributed by atoms with E-state index in [0.29, 0.717) is 6.04 Å². The fourth-order valence-corrected chi connectivity index (χ4v) is 3.55. The van der Waals surface area contributed by atoms with Crippen LogP contribution in [0.1, 0.15) is 25.3 Å². The maximum absolute atomic E-state index is 12.2. The minimum absolute atomic E-state index is 0.0891. The molecule has 1 unspecified atom stereocenters. The molecule has 0 spiro atoms. The lowest BCUT2D eigenvalue weighted by atomic mass is 10.2. The lowest BCUT2D eigenvalue weighted by Gasteiger charge is -2.32. The van der Waals surface area contributed by atoms with Crippen LogP contribution in [0.4, 0.5) is 0 Å². The van der Waals surface area contributed by atoms with Crippen LogP contribution in [0.2, 0.25) is 0 Å². The summed E-state index contributed by atoms with van der Waals surface area (Å²) in [5.41, 5.74) is 1.09. The van der Waals surface area contributed by atoms with Crippen molar-refractivity contribution < 1.29 is 14.3 Å². The Morgan fingerprint density at radius 2 is 1.92 bits per heavy atom. The van der Waals surface area contributed by atoms with Gasteiger partial charge in [0.25, 0.3) is 5.91 Å². The van der Waals surface area contributed by atoms with Crippen molar-refractivity contribution in [2.45, 2.75) is 32.4 Å². The summed E-state index contributed by atoms with van der Waals surface area (Å²) in [6, 6.07) is 8.44. The minimum Gasteiger partial charge on any atom is -0.483 e. The first-order valence-corrected chi connectivity index (χ1v) is 9.75. The number of hydrogen-bond acceptors (Lipinski definition) is 5. The van der Waals surface area contributed by atoms with Gasteiger partial charge in [0.05, 0.1) is 13.2 Å². The Balaban J connectivity index is 1.45. The second-order valence-corrected chi connectivity index (χ2v) is 7.11. The number of likely N-dealkylation sites (tertiary alicyclic amines) is 1. The van der Waals surface area contributed by atoms with Gasteiger partial charge < -0.3 is 19.7 Å². The smallest absolute Gasteiger partial charge is 0.260 e. The summed E-state index contributed by atoms with van der Waals surface area (Å²) in [7, 11) is 0. The summed E-state index contributed by atoms with van der Waals surface area (Å²) in [6.07, 6.45) is 2.21. The minimum atomic E-state index is 0.0891. The summed E-state index contributed by atoms with van der Waals surface area (Å²) in [5.74, 6) is 0.887. The Hall–Kier alpha value is -1.63. The van der Waals surface area contributed by atoms with Crippen molar-refractivity contribution in [2.75, 3.05) is 52.5 Å². The molecule has 0 saturated carbocycles. The molecule has 2 saturated heterocycles. The molecular formula is C20H31N3O3. The molecule has 2 fully saturated rings. The molecule has 3 rings (SSSR count). The first-order valence-electron chi connectivity index (χ1n) is 9.75. The zero-order valence-corrected chi connectivity index (χ0v) is 15.8. The Bertz CT molecular complexity index is 569. The van der Waals surface area contributed by atoms with Crippen LogP contribution >= 0.6 is 0 Å². The van der Waals surface area contributed by atoms with Crippen LogP contribution in [0, 0.1) is 0 Å². The molecule has 1 aromatic rings. The third-order valence-electron chi connectivity index (χ3n) is 5.21. The van der Waals surface area contributed by atoms with E-state index in [9.17, 15) is 4.79 Å². The number of nitrogens with zero attached hydrogens (tertiary/aromatic N) is 2. The number of benzene rings is 1. The van der Waals surface area contributed by atoms with E-state index in [1.807, 2.05) is 23.1 Å². The van der Waals surface area contributed by atoms with Gasteiger partial charge >= 0.3 is 0 Å². The number of carbonyl (C=O) groups excluding carboxylic acids is 1. The fraction of sp³-hybridized carbons (Fsp3) is 0.650. The Kier molecular flexibility index (Phi) is 7.29. The predicted molar refractivity (Wildman–Crippen MR) is 101 cm³/mol. The molecule has 0 bridgehead atoms. The highest BCUT2D eigenvalue weighted by Gasteiger charge is 2.19. The van der Waals surface area contributed by atoms with Gasteiger partial charge in [-0.2, -0.15) is 0 Å². The SMILES string of the molecule is CC(CNCc1ccccc1OCC(=O)N1CCCC1)N1CCOCC1. The molecule has 6 nitrogen and oxygen atoms in total. The maximum Gasteiger partial charge on any atom is 0.260 e. The molecule has 0 aromatic heterocycles. The normalized spacial score (nSPS) is 19.5. The molecular weight excluding hydrogens is 330 g/mol. The molecule has 1 aromatic carbocycles. The van der Waals surface area contributed by atoms with E-state index in [1.165, 1.54) is 0 Å². The van der Waals surface area contributed by atoms with Crippen LogP contribution in [0.15, 0.2) is 24.3 Å². The molecule has 1 amide bonds. The third-order valence-corrected chi connectivity index (χ3v) is 5.21. The zero-order valence-electron chi connectivity index (χ0n) is 15.8. The average Bonchev–Trinajstić information content (AvgIpc) is 3.22. The molecule has 26 heavy (non-hydrogen) atoms. The fourth-order valence-electron chi connectivity index (χ4n) is 3.55. The number of amides is 1. The van der Waals surface area contributed by atoms with Gasteiger partial charge in [0.2, 0.25) is 0 Å². The van der Waals surface area contributed by atoms with Crippen LogP contribution in [-0.4, -0.2) is 74.3 Å². The van der Waals surface area contributed by atoms with Crippen LogP contribution < -0.4 is 10.1 Å². The van der Waals surface area contributed by atoms with E-state index >= 15 is 0 Å². The van der Waals surface area contributed by atoms with E-state index in [0.717, 1.165) is 76.6 Å². The maximum atomic E-state index is 12.2. The number of hydrogen-bond donors (Lipinski definition) is 1. The van der Waals surface area contributed by atoms with Crippen LogP contribution in [-0.2, 0) is 16.1 Å². The van der Waals surface area contributed by atoms with Gasteiger partial charge in [-0.05, 0) is 25.8 Å². The highest BCUT2D eigenvalue weighted by Crippen LogP contribution is 2.18. The van der Waals surface area contributed by atoms with E-state index in [4.69, 9.17) is 9.47 Å². The molecule has 6 heteroatoms. The number of ether oxygens (including phenoxy) is 2. The lowest BCUT2D eigenvalue weighted by molar-refractivity contribution is -0.132. The monoisotopic (exact) mass is 361 g/mol. The first-order chi connectivity index (χ1) is 12.7. The van der Waals surface area contributed by atoms with Crippen molar-refractivity contribution in [3.63, 3.8) is 0 Å². The zero-order chi connectivity index (χ0) is 18.2. The molecule has 0 radical (unpaired) electrons. The first kappa shape index (κ1) is 19.1. The van der Waals surface area contributed by atoms with Crippen molar-refractivity contribution in [2.24, 2.45) is 0 Å². The van der Waals surface area contributed by atoms with Crippen molar-refractivity contribution in [3.8, 4) is 5.75 Å². The van der Waals surface area contributed by atoms with E-state index in [-0.39, 0.29) is 12.5 Å². The molecule has 1 N–H and O–H groups in total. The van der Waals surface area contributed by atoms with Gasteiger partial charge in [-0.15, -0.1) is 0 Å². The topological polar surface area (TPSA) is 54.0 Å². The molecule has 2 heterocycles. The number of rotatable bonds is 8. The number of nitrogens with one attached hydrogen (secondary N) is 1. The van der Waals surface area contributed by atoms with Gasteiger partial charge in [-0.3, -0.25) is 9.69 Å². The average molecular weight is 361 g/mol. The van der Waals surface area contributed by atoms with Gasteiger partial charge in [-0.25, -0.2) is 0 Å². The standard InChI is InChI=1S/C20H31N3O3/c1-17(22-10-12-25-13-11-22)14-21-15-18-6-2-3-7-19(18)26-16-20(24)23-8-4-5-9-23/h2-3,6-7,17,21H,4-5,8-16H2,1H3. The van der Waals surface area contributed by atoms with Gasteiger partial charge in [0.1, 0.15) is 5.75 Å². The Morgan fingerprint density at radius 1 is 1.19 bits per heavy atom. The molecule has 0 aliphatic carbocycles. The van der Waals surface area contributed by atoms with Crippen LogP contribution in [0.25, 0.3) is 0 Å².